The van der Waals surface area contributed by atoms with Crippen LogP contribution in [0.3, 0.4) is 0 Å². The molecule has 0 aliphatic carbocycles. The van der Waals surface area contributed by atoms with Crippen molar-refractivity contribution in [2.24, 2.45) is 5.73 Å². The topological polar surface area (TPSA) is 81.1 Å². The molecule has 1 amide bonds. The van der Waals surface area contributed by atoms with E-state index in [1.807, 2.05) is 0 Å². The van der Waals surface area contributed by atoms with E-state index in [4.69, 9.17) is 17.9 Å². The van der Waals surface area contributed by atoms with Gasteiger partial charge in [-0.25, -0.2) is 0 Å². The molecule has 5 heteroatoms. The second-order valence-electron chi connectivity index (χ2n) is 3.35. The molecule has 1 aromatic rings. The first-order valence-corrected chi connectivity index (χ1v) is 6.25. The maximum absolute atomic E-state index is 11.2. The fourth-order valence-electron chi connectivity index (χ4n) is 1.31. The van der Waals surface area contributed by atoms with Crippen molar-refractivity contribution >= 4 is 29.0 Å². The quantitative estimate of drug-likeness (QED) is 0.401. The molecule has 0 spiro atoms. The van der Waals surface area contributed by atoms with Crippen molar-refractivity contribution in [3.05, 3.63) is 23.8 Å². The lowest BCUT2D eigenvalue weighted by molar-refractivity contribution is 0.100. The largest absolute Gasteiger partial charge is 0.399 e. The van der Waals surface area contributed by atoms with Crippen LogP contribution < -0.4 is 16.8 Å². The van der Waals surface area contributed by atoms with E-state index in [-0.39, 0.29) is 0 Å². The fourth-order valence-corrected chi connectivity index (χ4v) is 1.82. The highest BCUT2D eigenvalue weighted by Gasteiger charge is 2.07. The fraction of sp³-hybridized carbons (Fsp3) is 0.250. The number of nitrogens with two attached hydrogens (primary N) is 2. The minimum absolute atomic E-state index is 0.446. The maximum atomic E-state index is 11.2. The molecule has 17 heavy (non-hydrogen) atoms. The minimum Gasteiger partial charge on any atom is -0.399 e. The number of carbonyl (C=O) groups is 1. The van der Waals surface area contributed by atoms with E-state index in [1.165, 1.54) is 0 Å². The second-order valence-corrected chi connectivity index (χ2v) is 4.46. The first-order chi connectivity index (χ1) is 8.15. The molecule has 0 heterocycles. The van der Waals surface area contributed by atoms with Gasteiger partial charge in [-0.15, -0.1) is 18.2 Å². The van der Waals surface area contributed by atoms with Crippen molar-refractivity contribution in [2.45, 2.75) is 0 Å². The van der Waals surface area contributed by atoms with Crippen LogP contribution in [0.2, 0.25) is 0 Å². The van der Waals surface area contributed by atoms with Crippen molar-refractivity contribution in [3.63, 3.8) is 0 Å². The first kappa shape index (κ1) is 13.3. The Morgan fingerprint density at radius 2 is 2.29 bits per heavy atom. The van der Waals surface area contributed by atoms with Crippen molar-refractivity contribution in [1.29, 1.82) is 0 Å². The molecule has 0 fully saturated rings. The predicted octanol–water partition coefficient (Wildman–Crippen LogP) is 1.15. The monoisotopic (exact) mass is 249 g/mol. The summed E-state index contributed by atoms with van der Waals surface area (Å²) in [6.45, 7) is 0.704. The zero-order chi connectivity index (χ0) is 12.7. The number of thioether (sulfide) groups is 1. The third kappa shape index (κ3) is 4.29. The number of hydrogen-bond acceptors (Lipinski definition) is 4. The van der Waals surface area contributed by atoms with Gasteiger partial charge < -0.3 is 16.8 Å². The van der Waals surface area contributed by atoms with Crippen LogP contribution in [0.15, 0.2) is 18.2 Å². The zero-order valence-electron chi connectivity index (χ0n) is 9.40. The average molecular weight is 249 g/mol. The number of carbonyl (C=O) groups excluding carboxylic acids is 1. The molecule has 0 aromatic heterocycles. The molecular weight excluding hydrogens is 234 g/mol. The van der Waals surface area contributed by atoms with E-state index in [1.54, 1.807) is 30.0 Å². The Balaban J connectivity index is 2.60. The van der Waals surface area contributed by atoms with Crippen LogP contribution >= 0.6 is 11.8 Å². The SMILES string of the molecule is C#CCSCCNc1cc(N)ccc1C(N)=O. The Bertz CT molecular complexity index is 440. The molecule has 0 aliphatic heterocycles. The number of hydrogen-bond donors (Lipinski definition) is 3. The molecule has 0 atom stereocenters. The third-order valence-corrected chi connectivity index (χ3v) is 2.92. The molecule has 5 N–H and O–H groups in total. The summed E-state index contributed by atoms with van der Waals surface area (Å²) in [4.78, 5) is 11.2. The summed E-state index contributed by atoms with van der Waals surface area (Å²) in [5.41, 5.74) is 12.6. The van der Waals surface area contributed by atoms with Gasteiger partial charge in [-0.2, -0.15) is 0 Å². The van der Waals surface area contributed by atoms with E-state index in [9.17, 15) is 4.79 Å². The smallest absolute Gasteiger partial charge is 0.250 e. The lowest BCUT2D eigenvalue weighted by Gasteiger charge is -2.10. The molecule has 0 radical (unpaired) electrons. The van der Waals surface area contributed by atoms with Gasteiger partial charge in [0.1, 0.15) is 0 Å². The van der Waals surface area contributed by atoms with Crippen molar-refractivity contribution < 1.29 is 4.79 Å². The molecule has 0 saturated heterocycles. The van der Waals surface area contributed by atoms with Gasteiger partial charge in [-0.05, 0) is 18.2 Å². The molecule has 0 bridgehead atoms. The third-order valence-electron chi connectivity index (χ3n) is 2.06. The predicted molar refractivity (Wildman–Crippen MR) is 74.0 cm³/mol. The summed E-state index contributed by atoms with van der Waals surface area (Å²) in [6.07, 6.45) is 5.14. The second kappa shape index (κ2) is 6.71. The molecule has 1 rings (SSSR count). The van der Waals surface area contributed by atoms with Crippen molar-refractivity contribution in [3.8, 4) is 12.3 Å². The van der Waals surface area contributed by atoms with Gasteiger partial charge in [0.05, 0.1) is 11.3 Å². The van der Waals surface area contributed by atoms with Crippen molar-refractivity contribution in [2.75, 3.05) is 29.1 Å². The number of nitrogens with one attached hydrogen (secondary N) is 1. The Hall–Kier alpha value is -1.80. The number of amides is 1. The van der Waals surface area contributed by atoms with E-state index < -0.39 is 5.91 Å². The Kier molecular flexibility index (Phi) is 5.24. The zero-order valence-corrected chi connectivity index (χ0v) is 10.2. The van der Waals surface area contributed by atoms with Crippen LogP contribution in [-0.2, 0) is 0 Å². The lowest BCUT2D eigenvalue weighted by atomic mass is 10.1. The molecule has 90 valence electrons. The van der Waals surface area contributed by atoms with Crippen LogP contribution in [0.1, 0.15) is 10.4 Å². The number of benzene rings is 1. The number of primary amides is 1. The molecule has 0 saturated carbocycles. The normalized spacial score (nSPS) is 9.59. The summed E-state index contributed by atoms with van der Waals surface area (Å²) in [7, 11) is 0. The van der Waals surface area contributed by atoms with Crippen LogP contribution in [0, 0.1) is 12.3 Å². The lowest BCUT2D eigenvalue weighted by Crippen LogP contribution is -2.15. The van der Waals surface area contributed by atoms with Crippen molar-refractivity contribution in [1.82, 2.24) is 0 Å². The highest BCUT2D eigenvalue weighted by molar-refractivity contribution is 7.99. The van der Waals surface area contributed by atoms with E-state index in [0.29, 0.717) is 29.2 Å². The van der Waals surface area contributed by atoms with Gasteiger partial charge in [0.2, 0.25) is 0 Å². The standard InChI is InChI=1S/C12H15N3OS/c1-2-6-17-7-5-15-11-8-9(13)3-4-10(11)12(14)16/h1,3-4,8,15H,5-7,13H2,(H2,14,16). The molecule has 0 aliphatic rings. The summed E-state index contributed by atoms with van der Waals surface area (Å²) in [5.74, 6) is 3.62. The van der Waals surface area contributed by atoms with E-state index >= 15 is 0 Å². The number of terminal acetylenes is 1. The summed E-state index contributed by atoms with van der Waals surface area (Å²) < 4.78 is 0. The van der Waals surface area contributed by atoms with Gasteiger partial charge in [-0.1, -0.05) is 5.92 Å². The first-order valence-electron chi connectivity index (χ1n) is 5.09. The number of nitrogen functional groups attached to an aromatic ring is 1. The average Bonchev–Trinajstić information content (AvgIpc) is 2.28. The summed E-state index contributed by atoms with van der Waals surface area (Å²) in [6, 6.07) is 4.97. The van der Waals surface area contributed by atoms with Crippen LogP contribution in [0.5, 0.6) is 0 Å². The molecule has 4 nitrogen and oxygen atoms in total. The van der Waals surface area contributed by atoms with Gasteiger partial charge in [-0.3, -0.25) is 4.79 Å². The highest BCUT2D eigenvalue weighted by Crippen LogP contribution is 2.18. The van der Waals surface area contributed by atoms with Crippen LogP contribution in [0.4, 0.5) is 11.4 Å². The molecule has 0 unspecified atom stereocenters. The van der Waals surface area contributed by atoms with E-state index in [2.05, 4.69) is 11.2 Å². The van der Waals surface area contributed by atoms with Gasteiger partial charge in [0, 0.05) is 23.7 Å². The highest BCUT2D eigenvalue weighted by atomic mass is 32.2. The summed E-state index contributed by atoms with van der Waals surface area (Å²) in [5, 5.41) is 3.12. The van der Waals surface area contributed by atoms with Crippen LogP contribution in [-0.4, -0.2) is 24.0 Å². The summed E-state index contributed by atoms with van der Waals surface area (Å²) >= 11 is 1.64. The van der Waals surface area contributed by atoms with E-state index in [0.717, 1.165) is 5.75 Å². The number of rotatable bonds is 6. The van der Waals surface area contributed by atoms with Gasteiger partial charge >= 0.3 is 0 Å². The minimum atomic E-state index is -0.469. The Morgan fingerprint density at radius 3 is 2.94 bits per heavy atom. The molecule has 1 aromatic carbocycles. The maximum Gasteiger partial charge on any atom is 0.250 e. The number of anilines is 2. The van der Waals surface area contributed by atoms with Gasteiger partial charge in [0.15, 0.2) is 0 Å². The molecular formula is C12H15N3OS. The Morgan fingerprint density at radius 1 is 1.53 bits per heavy atom. The Labute approximate surface area is 105 Å². The van der Waals surface area contributed by atoms with Gasteiger partial charge in [0.25, 0.3) is 5.91 Å². The van der Waals surface area contributed by atoms with Crippen LogP contribution in [0.25, 0.3) is 0 Å².